The number of carbonyl (C=O) groups is 1. The lowest BCUT2D eigenvalue weighted by atomic mass is 10.0. The monoisotopic (exact) mass is 349 g/mol. The van der Waals surface area contributed by atoms with Crippen LogP contribution in [0.5, 0.6) is 0 Å². The Bertz CT molecular complexity index is 880. The molecule has 2 nitrogen and oxygen atoms in total. The van der Waals surface area contributed by atoms with E-state index in [1.165, 1.54) is 16.0 Å². The van der Waals surface area contributed by atoms with Crippen molar-refractivity contribution in [2.45, 2.75) is 33.7 Å². The Labute approximate surface area is 153 Å². The summed E-state index contributed by atoms with van der Waals surface area (Å²) in [5, 5.41) is 2.07. The molecule has 0 aliphatic heterocycles. The van der Waals surface area contributed by atoms with E-state index in [1.807, 2.05) is 49.1 Å². The third-order valence-corrected chi connectivity index (χ3v) is 5.24. The molecular formula is C22H23NOS. The van der Waals surface area contributed by atoms with E-state index in [0.717, 1.165) is 16.8 Å². The van der Waals surface area contributed by atoms with Crippen molar-refractivity contribution in [2.24, 2.45) is 0 Å². The Morgan fingerprint density at radius 2 is 1.72 bits per heavy atom. The molecule has 0 fully saturated rings. The zero-order valence-corrected chi connectivity index (χ0v) is 15.9. The van der Waals surface area contributed by atoms with Crippen molar-refractivity contribution in [3.63, 3.8) is 0 Å². The fourth-order valence-electron chi connectivity index (χ4n) is 3.04. The Kier molecular flexibility index (Phi) is 5.05. The van der Waals surface area contributed by atoms with Gasteiger partial charge in [0, 0.05) is 21.9 Å². The van der Waals surface area contributed by atoms with Gasteiger partial charge in [0.2, 0.25) is 0 Å². The van der Waals surface area contributed by atoms with Crippen LogP contribution < -0.4 is 4.90 Å². The highest BCUT2D eigenvalue weighted by Crippen LogP contribution is 2.33. The van der Waals surface area contributed by atoms with Crippen LogP contribution in [-0.4, -0.2) is 11.9 Å². The van der Waals surface area contributed by atoms with Gasteiger partial charge in [-0.25, -0.2) is 0 Å². The van der Waals surface area contributed by atoms with Crippen molar-refractivity contribution in [1.29, 1.82) is 0 Å². The largest absolute Gasteiger partial charge is 0.305 e. The Morgan fingerprint density at radius 3 is 2.36 bits per heavy atom. The number of hydrogen-bond acceptors (Lipinski definition) is 2. The summed E-state index contributed by atoms with van der Waals surface area (Å²) in [6.07, 6.45) is 0. The molecule has 1 heterocycles. The predicted octanol–water partition coefficient (Wildman–Crippen LogP) is 6.09. The molecule has 3 rings (SSSR count). The van der Waals surface area contributed by atoms with E-state index in [0.29, 0.717) is 0 Å². The molecular weight excluding hydrogens is 326 g/mol. The van der Waals surface area contributed by atoms with Crippen molar-refractivity contribution in [1.82, 2.24) is 0 Å². The Hall–Kier alpha value is -2.39. The molecule has 0 N–H and O–H groups in total. The molecule has 0 aliphatic carbocycles. The lowest BCUT2D eigenvalue weighted by Gasteiger charge is -2.26. The van der Waals surface area contributed by atoms with Crippen LogP contribution in [-0.2, 0) is 0 Å². The van der Waals surface area contributed by atoms with E-state index in [9.17, 15) is 4.79 Å². The highest BCUT2D eigenvalue weighted by atomic mass is 32.1. The second kappa shape index (κ2) is 7.24. The molecule has 0 unspecified atom stereocenters. The number of anilines is 1. The summed E-state index contributed by atoms with van der Waals surface area (Å²) < 4.78 is 0. The minimum absolute atomic E-state index is 0.0601. The fraction of sp³-hybridized carbons (Fsp3) is 0.227. The van der Waals surface area contributed by atoms with Gasteiger partial charge in [0.05, 0.1) is 5.69 Å². The number of amides is 1. The van der Waals surface area contributed by atoms with Crippen molar-refractivity contribution in [3.8, 4) is 10.4 Å². The number of carbonyl (C=O) groups excluding carboxylic acids is 1. The molecule has 2 aromatic carbocycles. The van der Waals surface area contributed by atoms with Crippen molar-refractivity contribution < 1.29 is 4.79 Å². The third kappa shape index (κ3) is 3.67. The molecule has 3 heteroatoms. The number of nitrogens with zero attached hydrogens (tertiary/aromatic N) is 1. The molecule has 3 aromatic rings. The van der Waals surface area contributed by atoms with Crippen LogP contribution in [0, 0.1) is 13.8 Å². The molecule has 0 bridgehead atoms. The summed E-state index contributed by atoms with van der Waals surface area (Å²) >= 11 is 1.67. The summed E-state index contributed by atoms with van der Waals surface area (Å²) in [5.41, 5.74) is 5.11. The average Bonchev–Trinajstić information content (AvgIpc) is 3.05. The molecule has 1 aromatic heterocycles. The zero-order chi connectivity index (χ0) is 18.0. The first-order chi connectivity index (χ1) is 12.0. The van der Waals surface area contributed by atoms with Crippen LogP contribution in [0.1, 0.15) is 35.3 Å². The maximum Gasteiger partial charge on any atom is 0.258 e. The fourth-order valence-corrected chi connectivity index (χ4v) is 3.93. The molecule has 0 saturated carbocycles. The highest BCUT2D eigenvalue weighted by Gasteiger charge is 2.23. The summed E-state index contributed by atoms with van der Waals surface area (Å²) in [6.45, 7) is 8.16. The minimum Gasteiger partial charge on any atom is -0.305 e. The van der Waals surface area contributed by atoms with E-state index < -0.39 is 0 Å². The number of benzene rings is 2. The summed E-state index contributed by atoms with van der Waals surface area (Å²) in [4.78, 5) is 16.3. The second-order valence-electron chi connectivity index (χ2n) is 6.62. The van der Waals surface area contributed by atoms with Gasteiger partial charge in [0.1, 0.15) is 0 Å². The number of aryl methyl sites for hydroxylation is 2. The Balaban J connectivity index is 1.97. The maximum absolute atomic E-state index is 13.2. The lowest BCUT2D eigenvalue weighted by molar-refractivity contribution is 0.0980. The van der Waals surface area contributed by atoms with Crippen molar-refractivity contribution >= 4 is 22.9 Å². The molecule has 0 radical (unpaired) electrons. The predicted molar refractivity (Wildman–Crippen MR) is 108 cm³/mol. The molecule has 1 amide bonds. The van der Waals surface area contributed by atoms with Gasteiger partial charge in [-0.3, -0.25) is 4.79 Å². The molecule has 0 atom stereocenters. The second-order valence-corrected chi connectivity index (χ2v) is 7.53. The lowest BCUT2D eigenvalue weighted by Crippen LogP contribution is -2.37. The van der Waals surface area contributed by atoms with Crippen LogP contribution in [0.4, 0.5) is 5.69 Å². The number of thiophene rings is 1. The van der Waals surface area contributed by atoms with Crippen LogP contribution in [0.15, 0.2) is 60.0 Å². The first-order valence-corrected chi connectivity index (χ1v) is 9.40. The van der Waals surface area contributed by atoms with Crippen molar-refractivity contribution in [3.05, 3.63) is 76.7 Å². The third-order valence-electron chi connectivity index (χ3n) is 4.27. The highest BCUT2D eigenvalue weighted by molar-refractivity contribution is 7.14. The van der Waals surface area contributed by atoms with E-state index >= 15 is 0 Å². The quantitative estimate of drug-likeness (QED) is 0.558. The SMILES string of the molecule is Cc1ccc(C(=O)N(c2csc(-c3ccccc3)c2)C(C)C)c(C)c1. The average molecular weight is 349 g/mol. The molecule has 0 saturated heterocycles. The standard InChI is InChI=1S/C22H23NOS/c1-15(2)23(22(24)20-11-10-16(3)12-17(20)4)19-13-21(25-14-19)18-8-6-5-7-9-18/h5-15H,1-4H3. The maximum atomic E-state index is 13.2. The smallest absolute Gasteiger partial charge is 0.258 e. The van der Waals surface area contributed by atoms with Crippen LogP contribution in [0.2, 0.25) is 0 Å². The van der Waals surface area contributed by atoms with Gasteiger partial charge < -0.3 is 4.90 Å². The van der Waals surface area contributed by atoms with Gasteiger partial charge >= 0.3 is 0 Å². The van der Waals surface area contributed by atoms with Crippen LogP contribution >= 0.6 is 11.3 Å². The van der Waals surface area contributed by atoms with Crippen LogP contribution in [0.25, 0.3) is 10.4 Å². The summed E-state index contributed by atoms with van der Waals surface area (Å²) in [6, 6.07) is 18.5. The van der Waals surface area contributed by atoms with Gasteiger partial charge in [-0.15, -0.1) is 11.3 Å². The van der Waals surface area contributed by atoms with E-state index in [4.69, 9.17) is 0 Å². The zero-order valence-electron chi connectivity index (χ0n) is 15.1. The number of hydrogen-bond donors (Lipinski definition) is 0. The minimum atomic E-state index is 0.0601. The van der Waals surface area contributed by atoms with Gasteiger partial charge in [-0.05, 0) is 51.0 Å². The van der Waals surface area contributed by atoms with E-state index in [2.05, 4.69) is 43.5 Å². The molecule has 0 aliphatic rings. The van der Waals surface area contributed by atoms with Crippen LogP contribution in [0.3, 0.4) is 0 Å². The van der Waals surface area contributed by atoms with Gasteiger partial charge in [0.25, 0.3) is 5.91 Å². The van der Waals surface area contributed by atoms with E-state index in [1.54, 1.807) is 11.3 Å². The summed E-state index contributed by atoms with van der Waals surface area (Å²) in [7, 11) is 0. The van der Waals surface area contributed by atoms with E-state index in [-0.39, 0.29) is 11.9 Å². The molecule has 25 heavy (non-hydrogen) atoms. The van der Waals surface area contributed by atoms with Gasteiger partial charge in [-0.1, -0.05) is 48.0 Å². The van der Waals surface area contributed by atoms with Gasteiger partial charge in [-0.2, -0.15) is 0 Å². The molecule has 0 spiro atoms. The number of rotatable bonds is 4. The topological polar surface area (TPSA) is 20.3 Å². The van der Waals surface area contributed by atoms with Crippen molar-refractivity contribution in [2.75, 3.05) is 4.90 Å². The van der Waals surface area contributed by atoms with Gasteiger partial charge in [0.15, 0.2) is 0 Å². The Morgan fingerprint density at radius 1 is 1.00 bits per heavy atom. The normalized spacial score (nSPS) is 10.9. The summed E-state index contributed by atoms with van der Waals surface area (Å²) in [5.74, 6) is 0.0601. The molecule has 128 valence electrons. The first-order valence-electron chi connectivity index (χ1n) is 8.52. The first kappa shape index (κ1) is 17.4.